The minimum Gasteiger partial charge on any atom is -0.399 e. The van der Waals surface area contributed by atoms with Gasteiger partial charge in [0.05, 0.1) is 9.26 Å². The van der Waals surface area contributed by atoms with Gasteiger partial charge in [-0.25, -0.2) is 4.39 Å². The molecule has 2 aromatic rings. The lowest BCUT2D eigenvalue weighted by Crippen LogP contribution is -2.13. The number of anilines is 2. The summed E-state index contributed by atoms with van der Waals surface area (Å²) < 4.78 is 13.7. The summed E-state index contributed by atoms with van der Waals surface area (Å²) in [6.45, 7) is 0. The number of nitrogens with one attached hydrogen (secondary N) is 1. The molecule has 0 aliphatic rings. The Hall–Kier alpha value is -1.63. The van der Waals surface area contributed by atoms with Gasteiger partial charge in [0, 0.05) is 11.3 Å². The largest absolute Gasteiger partial charge is 0.399 e. The van der Waals surface area contributed by atoms with Crippen LogP contribution < -0.4 is 11.1 Å². The molecule has 1 amide bonds. The molecule has 0 aliphatic heterocycles. The molecule has 0 radical (unpaired) electrons. The maximum atomic E-state index is 13.3. The minimum absolute atomic E-state index is 0.314. The number of hydrogen-bond acceptors (Lipinski definition) is 2. The molecule has 0 saturated heterocycles. The van der Waals surface area contributed by atoms with Gasteiger partial charge in [-0.05, 0) is 52.9 Å². The summed E-state index contributed by atoms with van der Waals surface area (Å²) >= 11 is 1.85. The molecule has 0 heterocycles. The number of rotatable bonds is 2. The van der Waals surface area contributed by atoms with Gasteiger partial charge < -0.3 is 11.1 Å². The lowest BCUT2D eigenvalue weighted by atomic mass is 10.2. The van der Waals surface area contributed by atoms with E-state index in [1.54, 1.807) is 36.4 Å². The van der Waals surface area contributed by atoms with Crippen LogP contribution in [0.1, 0.15) is 10.4 Å². The topological polar surface area (TPSA) is 55.1 Å². The van der Waals surface area contributed by atoms with Gasteiger partial charge in [0.2, 0.25) is 0 Å². The summed E-state index contributed by atoms with van der Waals surface area (Å²) in [5.74, 6) is -0.674. The van der Waals surface area contributed by atoms with Crippen LogP contribution in [0.25, 0.3) is 0 Å². The number of nitrogen functional groups attached to an aromatic ring is 1. The van der Waals surface area contributed by atoms with Crippen LogP contribution in [0.2, 0.25) is 0 Å². The highest BCUT2D eigenvalue weighted by molar-refractivity contribution is 14.1. The zero-order chi connectivity index (χ0) is 13.1. The van der Waals surface area contributed by atoms with Crippen molar-refractivity contribution in [3.8, 4) is 0 Å². The van der Waals surface area contributed by atoms with Gasteiger partial charge in [-0.15, -0.1) is 0 Å². The highest BCUT2D eigenvalue weighted by atomic mass is 127. The van der Waals surface area contributed by atoms with Crippen molar-refractivity contribution in [1.82, 2.24) is 0 Å². The number of carbonyl (C=O) groups excluding carboxylic acids is 1. The molecule has 3 N–H and O–H groups in total. The van der Waals surface area contributed by atoms with Gasteiger partial charge in [0.25, 0.3) is 5.91 Å². The third-order valence-electron chi connectivity index (χ3n) is 2.35. The average Bonchev–Trinajstić information content (AvgIpc) is 2.35. The van der Waals surface area contributed by atoms with E-state index in [1.165, 1.54) is 6.07 Å². The van der Waals surface area contributed by atoms with E-state index in [-0.39, 0.29) is 11.7 Å². The van der Waals surface area contributed by atoms with Crippen LogP contribution in [0, 0.1) is 9.39 Å². The summed E-state index contributed by atoms with van der Waals surface area (Å²) in [5, 5.41) is 2.65. The number of carbonyl (C=O) groups is 1. The Morgan fingerprint density at radius 2 is 1.94 bits per heavy atom. The second-order valence-electron chi connectivity index (χ2n) is 3.68. The van der Waals surface area contributed by atoms with Gasteiger partial charge in [-0.3, -0.25) is 4.79 Å². The summed E-state index contributed by atoms with van der Waals surface area (Å²) in [5.41, 5.74) is 7.00. The van der Waals surface area contributed by atoms with Crippen LogP contribution in [0.3, 0.4) is 0 Å². The smallest absolute Gasteiger partial charge is 0.255 e. The molecule has 92 valence electrons. The van der Waals surface area contributed by atoms with E-state index in [0.29, 0.717) is 20.5 Å². The summed E-state index contributed by atoms with van der Waals surface area (Å²) in [6.07, 6.45) is 0. The van der Waals surface area contributed by atoms with E-state index < -0.39 is 0 Å². The average molecular weight is 356 g/mol. The van der Waals surface area contributed by atoms with Crippen LogP contribution >= 0.6 is 22.6 Å². The molecule has 3 nitrogen and oxygen atoms in total. The fourth-order valence-electron chi connectivity index (χ4n) is 1.47. The molecule has 0 saturated carbocycles. The standard InChI is InChI=1S/C13H10FIN2O/c14-10-5-2-6-11(12(10)15)17-13(18)8-3-1-4-9(16)7-8/h1-7H,16H2,(H,17,18). The van der Waals surface area contributed by atoms with Gasteiger partial charge in [0.1, 0.15) is 5.82 Å². The Morgan fingerprint density at radius 3 is 2.67 bits per heavy atom. The number of benzene rings is 2. The molecule has 0 atom stereocenters. The molecule has 0 unspecified atom stereocenters. The van der Waals surface area contributed by atoms with Gasteiger partial charge in [0.15, 0.2) is 0 Å². The maximum absolute atomic E-state index is 13.3. The van der Waals surface area contributed by atoms with E-state index in [9.17, 15) is 9.18 Å². The monoisotopic (exact) mass is 356 g/mol. The van der Waals surface area contributed by atoms with Crippen LogP contribution in [0.5, 0.6) is 0 Å². The Morgan fingerprint density at radius 1 is 1.22 bits per heavy atom. The second-order valence-corrected chi connectivity index (χ2v) is 4.76. The Labute approximate surface area is 117 Å². The third-order valence-corrected chi connectivity index (χ3v) is 3.44. The number of nitrogens with two attached hydrogens (primary N) is 1. The van der Waals surface area contributed by atoms with Crippen molar-refractivity contribution in [2.75, 3.05) is 11.1 Å². The zero-order valence-corrected chi connectivity index (χ0v) is 11.4. The molecule has 0 aromatic heterocycles. The Kier molecular flexibility index (Phi) is 3.81. The molecule has 0 fully saturated rings. The first-order chi connectivity index (χ1) is 8.58. The highest BCUT2D eigenvalue weighted by Gasteiger charge is 2.10. The first kappa shape index (κ1) is 12.8. The van der Waals surface area contributed by atoms with Crippen LogP contribution in [0.15, 0.2) is 42.5 Å². The summed E-state index contributed by atoms with van der Waals surface area (Å²) in [7, 11) is 0. The predicted molar refractivity (Wildman–Crippen MR) is 77.9 cm³/mol. The van der Waals surface area contributed by atoms with E-state index in [4.69, 9.17) is 5.73 Å². The summed E-state index contributed by atoms with van der Waals surface area (Å²) in [6, 6.07) is 11.2. The van der Waals surface area contributed by atoms with Crippen LogP contribution in [0.4, 0.5) is 15.8 Å². The first-order valence-electron chi connectivity index (χ1n) is 5.19. The normalized spacial score (nSPS) is 10.1. The highest BCUT2D eigenvalue weighted by Crippen LogP contribution is 2.21. The van der Waals surface area contributed by atoms with E-state index in [0.717, 1.165) is 0 Å². The fraction of sp³-hybridized carbons (Fsp3) is 0. The van der Waals surface area contributed by atoms with Gasteiger partial charge in [-0.1, -0.05) is 12.1 Å². The van der Waals surface area contributed by atoms with Crippen molar-refractivity contribution in [3.63, 3.8) is 0 Å². The predicted octanol–water partition coefficient (Wildman–Crippen LogP) is 3.26. The third kappa shape index (κ3) is 2.79. The lowest BCUT2D eigenvalue weighted by Gasteiger charge is -2.08. The first-order valence-corrected chi connectivity index (χ1v) is 6.26. The van der Waals surface area contributed by atoms with Gasteiger partial charge >= 0.3 is 0 Å². The SMILES string of the molecule is Nc1cccc(C(=O)Nc2cccc(F)c2I)c1. The molecule has 2 aromatic carbocycles. The van der Waals surface area contributed by atoms with Crippen molar-refractivity contribution < 1.29 is 9.18 Å². The quantitative estimate of drug-likeness (QED) is 0.641. The molecule has 0 bridgehead atoms. The molecule has 18 heavy (non-hydrogen) atoms. The van der Waals surface area contributed by atoms with E-state index in [2.05, 4.69) is 5.32 Å². The molecular weight excluding hydrogens is 346 g/mol. The van der Waals surface area contributed by atoms with E-state index >= 15 is 0 Å². The Bertz CT molecular complexity index is 601. The number of amides is 1. The van der Waals surface area contributed by atoms with Crippen LogP contribution in [-0.2, 0) is 0 Å². The van der Waals surface area contributed by atoms with Crippen molar-refractivity contribution in [2.45, 2.75) is 0 Å². The summed E-state index contributed by atoms with van der Waals surface area (Å²) in [4.78, 5) is 11.9. The lowest BCUT2D eigenvalue weighted by molar-refractivity contribution is 0.102. The maximum Gasteiger partial charge on any atom is 0.255 e. The zero-order valence-electron chi connectivity index (χ0n) is 9.28. The minimum atomic E-state index is -0.360. The number of hydrogen-bond donors (Lipinski definition) is 2. The molecule has 0 aliphatic carbocycles. The Balaban J connectivity index is 2.24. The van der Waals surface area contributed by atoms with E-state index in [1.807, 2.05) is 22.6 Å². The van der Waals surface area contributed by atoms with Crippen molar-refractivity contribution in [3.05, 3.63) is 57.4 Å². The second kappa shape index (κ2) is 5.34. The van der Waals surface area contributed by atoms with Crippen LogP contribution in [-0.4, -0.2) is 5.91 Å². The number of halogens is 2. The fourth-order valence-corrected chi connectivity index (χ4v) is 1.97. The van der Waals surface area contributed by atoms with Crippen molar-refractivity contribution >= 4 is 39.9 Å². The molecular formula is C13H10FIN2O. The van der Waals surface area contributed by atoms with Gasteiger partial charge in [-0.2, -0.15) is 0 Å². The van der Waals surface area contributed by atoms with Crippen molar-refractivity contribution in [1.29, 1.82) is 0 Å². The van der Waals surface area contributed by atoms with Crippen molar-refractivity contribution in [2.24, 2.45) is 0 Å². The molecule has 0 spiro atoms. The molecule has 2 rings (SSSR count). The molecule has 5 heteroatoms.